The summed E-state index contributed by atoms with van der Waals surface area (Å²) in [6, 6.07) is 6.48. The van der Waals surface area contributed by atoms with Crippen molar-refractivity contribution < 1.29 is 5.11 Å². The number of rotatable bonds is 2. The third-order valence-corrected chi connectivity index (χ3v) is 4.11. The Balaban J connectivity index is 2.47. The lowest BCUT2D eigenvalue weighted by molar-refractivity contribution is 0.127. The highest BCUT2D eigenvalue weighted by molar-refractivity contribution is 5.62. The molecule has 1 atom stereocenters. The Morgan fingerprint density at radius 1 is 1.41 bits per heavy atom. The van der Waals surface area contributed by atoms with Crippen molar-refractivity contribution in [1.29, 1.82) is 0 Å². The van der Waals surface area contributed by atoms with E-state index in [-0.39, 0.29) is 11.6 Å². The molecule has 17 heavy (non-hydrogen) atoms. The second kappa shape index (κ2) is 4.34. The maximum absolute atomic E-state index is 10.1. The van der Waals surface area contributed by atoms with Crippen molar-refractivity contribution in [1.82, 2.24) is 0 Å². The van der Waals surface area contributed by atoms with Gasteiger partial charge in [0.15, 0.2) is 0 Å². The van der Waals surface area contributed by atoms with E-state index in [1.807, 2.05) is 0 Å². The molecular weight excluding hydrogens is 210 g/mol. The second-order valence-electron chi connectivity index (χ2n) is 5.55. The summed E-state index contributed by atoms with van der Waals surface area (Å²) in [5.41, 5.74) is 3.87. The van der Waals surface area contributed by atoms with E-state index in [1.54, 1.807) is 0 Å². The van der Waals surface area contributed by atoms with E-state index >= 15 is 0 Å². The van der Waals surface area contributed by atoms with E-state index < -0.39 is 0 Å². The third kappa shape index (κ3) is 1.95. The van der Waals surface area contributed by atoms with Crippen molar-refractivity contribution in [3.63, 3.8) is 0 Å². The molecule has 0 aromatic heterocycles. The summed E-state index contributed by atoms with van der Waals surface area (Å²) in [7, 11) is 0. The fourth-order valence-electron chi connectivity index (χ4n) is 2.86. The molecule has 1 aliphatic rings. The van der Waals surface area contributed by atoms with E-state index in [9.17, 15) is 5.11 Å². The van der Waals surface area contributed by atoms with E-state index in [1.165, 1.54) is 16.8 Å². The van der Waals surface area contributed by atoms with E-state index in [2.05, 4.69) is 50.8 Å². The Bertz CT molecular complexity index is 411. The second-order valence-corrected chi connectivity index (χ2v) is 5.55. The molecule has 1 aromatic rings. The molecule has 0 amide bonds. The molecule has 0 spiro atoms. The van der Waals surface area contributed by atoms with Gasteiger partial charge in [-0.05, 0) is 44.7 Å². The predicted molar refractivity (Wildman–Crippen MR) is 72.6 cm³/mol. The first kappa shape index (κ1) is 12.4. The average molecular weight is 233 g/mol. The van der Waals surface area contributed by atoms with Crippen LogP contribution in [-0.2, 0) is 6.42 Å². The van der Waals surface area contributed by atoms with Crippen LogP contribution in [0.2, 0.25) is 0 Å². The van der Waals surface area contributed by atoms with Gasteiger partial charge in [-0.2, -0.15) is 0 Å². The van der Waals surface area contributed by atoms with Crippen molar-refractivity contribution in [2.45, 2.75) is 52.2 Å². The van der Waals surface area contributed by atoms with E-state index in [4.69, 9.17) is 0 Å². The van der Waals surface area contributed by atoms with Crippen molar-refractivity contribution in [3.8, 4) is 0 Å². The zero-order valence-electron chi connectivity index (χ0n) is 11.3. The standard InChI is InChI=1S/C15H23NO/c1-5-12-8-6-7-11(2)14(12)16-10-9-13(17)15(16,3)4/h6-8,13,17H,5,9-10H2,1-4H3. The first-order valence-electron chi connectivity index (χ1n) is 6.52. The summed E-state index contributed by atoms with van der Waals surface area (Å²) < 4.78 is 0. The van der Waals surface area contributed by atoms with Crippen LogP contribution < -0.4 is 4.90 Å². The normalized spacial score (nSPS) is 23.1. The molecule has 2 heteroatoms. The van der Waals surface area contributed by atoms with Crippen LogP contribution in [0.15, 0.2) is 18.2 Å². The maximum atomic E-state index is 10.1. The van der Waals surface area contributed by atoms with Crippen LogP contribution in [-0.4, -0.2) is 23.3 Å². The largest absolute Gasteiger partial charge is 0.391 e. The molecular formula is C15H23NO. The van der Waals surface area contributed by atoms with Gasteiger partial charge in [-0.1, -0.05) is 25.1 Å². The number of para-hydroxylation sites is 1. The van der Waals surface area contributed by atoms with Gasteiger partial charge in [-0.15, -0.1) is 0 Å². The van der Waals surface area contributed by atoms with Gasteiger partial charge in [0.1, 0.15) is 0 Å². The van der Waals surface area contributed by atoms with Crippen LogP contribution in [0, 0.1) is 6.92 Å². The van der Waals surface area contributed by atoms with E-state index in [0.29, 0.717) is 0 Å². The minimum atomic E-state index is -0.230. The topological polar surface area (TPSA) is 23.5 Å². The van der Waals surface area contributed by atoms with Crippen LogP contribution in [0.1, 0.15) is 38.3 Å². The summed E-state index contributed by atoms with van der Waals surface area (Å²) in [4.78, 5) is 2.38. The molecule has 0 bridgehead atoms. The number of benzene rings is 1. The number of anilines is 1. The Labute approximate surface area is 104 Å². The molecule has 1 unspecified atom stereocenters. The molecule has 2 rings (SSSR count). The lowest BCUT2D eigenvalue weighted by atomic mass is 9.96. The van der Waals surface area contributed by atoms with Gasteiger partial charge in [-0.25, -0.2) is 0 Å². The minimum Gasteiger partial charge on any atom is -0.391 e. The van der Waals surface area contributed by atoms with Gasteiger partial charge in [0, 0.05) is 12.2 Å². The first-order chi connectivity index (χ1) is 7.98. The summed E-state index contributed by atoms with van der Waals surface area (Å²) in [5, 5.41) is 10.1. The van der Waals surface area contributed by atoms with Crippen LogP contribution in [0.25, 0.3) is 0 Å². The zero-order valence-corrected chi connectivity index (χ0v) is 11.3. The number of hydrogen-bond donors (Lipinski definition) is 1. The SMILES string of the molecule is CCc1cccc(C)c1N1CCC(O)C1(C)C. The lowest BCUT2D eigenvalue weighted by Crippen LogP contribution is -2.45. The van der Waals surface area contributed by atoms with Gasteiger partial charge in [0.2, 0.25) is 0 Å². The predicted octanol–water partition coefficient (Wildman–Crippen LogP) is 2.91. The smallest absolute Gasteiger partial charge is 0.0783 e. The zero-order chi connectivity index (χ0) is 12.6. The van der Waals surface area contributed by atoms with Gasteiger partial charge in [-0.3, -0.25) is 0 Å². The summed E-state index contributed by atoms with van der Waals surface area (Å²) in [6.07, 6.45) is 1.68. The number of nitrogens with zero attached hydrogens (tertiary/aromatic N) is 1. The molecule has 1 aromatic carbocycles. The van der Waals surface area contributed by atoms with Crippen LogP contribution in [0.3, 0.4) is 0 Å². The molecule has 94 valence electrons. The van der Waals surface area contributed by atoms with Crippen molar-refractivity contribution in [3.05, 3.63) is 29.3 Å². The molecule has 0 radical (unpaired) electrons. The van der Waals surface area contributed by atoms with Gasteiger partial charge >= 0.3 is 0 Å². The van der Waals surface area contributed by atoms with E-state index in [0.717, 1.165) is 19.4 Å². The average Bonchev–Trinajstić information content (AvgIpc) is 2.54. The molecule has 2 nitrogen and oxygen atoms in total. The minimum absolute atomic E-state index is 0.157. The van der Waals surface area contributed by atoms with Crippen molar-refractivity contribution in [2.24, 2.45) is 0 Å². The fourth-order valence-corrected chi connectivity index (χ4v) is 2.86. The van der Waals surface area contributed by atoms with Crippen LogP contribution in [0.4, 0.5) is 5.69 Å². The third-order valence-electron chi connectivity index (χ3n) is 4.11. The number of hydrogen-bond acceptors (Lipinski definition) is 2. The highest BCUT2D eigenvalue weighted by Gasteiger charge is 2.41. The lowest BCUT2D eigenvalue weighted by Gasteiger charge is -2.37. The Morgan fingerprint density at radius 3 is 2.65 bits per heavy atom. The van der Waals surface area contributed by atoms with Gasteiger partial charge in [0.05, 0.1) is 11.6 Å². The van der Waals surface area contributed by atoms with Crippen molar-refractivity contribution in [2.75, 3.05) is 11.4 Å². The molecule has 0 saturated carbocycles. The molecule has 1 heterocycles. The summed E-state index contributed by atoms with van der Waals surface area (Å²) in [5.74, 6) is 0. The number of aryl methyl sites for hydroxylation is 2. The molecule has 1 fully saturated rings. The Kier molecular flexibility index (Phi) is 3.17. The molecule has 1 N–H and O–H groups in total. The summed E-state index contributed by atoms with van der Waals surface area (Å²) in [6.45, 7) is 9.58. The van der Waals surface area contributed by atoms with Crippen LogP contribution >= 0.6 is 0 Å². The highest BCUT2D eigenvalue weighted by Crippen LogP contribution is 2.37. The maximum Gasteiger partial charge on any atom is 0.0783 e. The van der Waals surface area contributed by atoms with Gasteiger partial charge in [0.25, 0.3) is 0 Å². The number of aliphatic hydroxyl groups is 1. The van der Waals surface area contributed by atoms with Crippen molar-refractivity contribution >= 4 is 5.69 Å². The monoisotopic (exact) mass is 233 g/mol. The van der Waals surface area contributed by atoms with Crippen LogP contribution in [0.5, 0.6) is 0 Å². The Hall–Kier alpha value is -1.02. The fraction of sp³-hybridized carbons (Fsp3) is 0.600. The summed E-state index contributed by atoms with van der Waals surface area (Å²) >= 11 is 0. The first-order valence-corrected chi connectivity index (χ1v) is 6.52. The molecule has 1 saturated heterocycles. The Morgan fingerprint density at radius 2 is 2.12 bits per heavy atom. The molecule has 0 aliphatic carbocycles. The van der Waals surface area contributed by atoms with Gasteiger partial charge < -0.3 is 10.0 Å². The quantitative estimate of drug-likeness (QED) is 0.849. The number of aliphatic hydroxyl groups excluding tert-OH is 1. The highest BCUT2D eigenvalue weighted by atomic mass is 16.3. The molecule has 1 aliphatic heterocycles.